The van der Waals surface area contributed by atoms with E-state index in [-0.39, 0.29) is 11.8 Å². The number of ether oxygens (including phenoxy) is 3. The van der Waals surface area contributed by atoms with Gasteiger partial charge in [-0.05, 0) is 11.6 Å². The number of hydrogen-bond acceptors (Lipinski definition) is 5. The van der Waals surface area contributed by atoms with Gasteiger partial charge in [0, 0.05) is 39.8 Å². The Morgan fingerprint density at radius 2 is 1.64 bits per heavy atom. The van der Waals surface area contributed by atoms with Gasteiger partial charge in [0.1, 0.15) is 5.75 Å². The van der Waals surface area contributed by atoms with Gasteiger partial charge in [-0.3, -0.25) is 4.79 Å². The van der Waals surface area contributed by atoms with Gasteiger partial charge in [0.15, 0.2) is 11.5 Å². The molecule has 0 spiro atoms. The standard InChI is InChI=1S/C22H21NO4S/c1-25-17-11-19(27-3)18(26-2)9-14(17)15-10-20(24)23-21-16(12-28-22(15)21)13-7-5-4-6-8-13/h4-9,11-12,15H,10H2,1-3H3,(H,23,24). The summed E-state index contributed by atoms with van der Waals surface area (Å²) >= 11 is 1.65. The average molecular weight is 395 g/mol. The van der Waals surface area contributed by atoms with E-state index in [1.807, 2.05) is 30.3 Å². The molecule has 28 heavy (non-hydrogen) atoms. The van der Waals surface area contributed by atoms with Gasteiger partial charge in [0.25, 0.3) is 0 Å². The van der Waals surface area contributed by atoms with E-state index in [1.165, 1.54) is 0 Å². The van der Waals surface area contributed by atoms with Crippen molar-refractivity contribution in [2.75, 3.05) is 26.6 Å². The van der Waals surface area contributed by atoms with Crippen LogP contribution in [0.1, 0.15) is 22.8 Å². The molecule has 144 valence electrons. The number of amides is 1. The van der Waals surface area contributed by atoms with Crippen molar-refractivity contribution in [3.63, 3.8) is 0 Å². The van der Waals surface area contributed by atoms with E-state index in [4.69, 9.17) is 14.2 Å². The van der Waals surface area contributed by atoms with Crippen LogP contribution in [0, 0.1) is 0 Å². The highest BCUT2D eigenvalue weighted by Gasteiger charge is 2.33. The maximum Gasteiger partial charge on any atom is 0.225 e. The predicted molar refractivity (Wildman–Crippen MR) is 111 cm³/mol. The van der Waals surface area contributed by atoms with Crippen molar-refractivity contribution in [2.24, 2.45) is 0 Å². The molecule has 1 atom stereocenters. The van der Waals surface area contributed by atoms with Crippen LogP contribution in [0.25, 0.3) is 11.1 Å². The number of carbonyl (C=O) groups excluding carboxylic acids is 1. The summed E-state index contributed by atoms with van der Waals surface area (Å²) in [5, 5.41) is 5.17. The molecule has 1 unspecified atom stereocenters. The van der Waals surface area contributed by atoms with Gasteiger partial charge in [0.2, 0.25) is 5.91 Å². The summed E-state index contributed by atoms with van der Waals surface area (Å²) in [6.07, 6.45) is 0.355. The van der Waals surface area contributed by atoms with E-state index in [2.05, 4.69) is 22.8 Å². The van der Waals surface area contributed by atoms with Crippen molar-refractivity contribution in [2.45, 2.75) is 12.3 Å². The van der Waals surface area contributed by atoms with E-state index < -0.39 is 0 Å². The molecule has 5 nitrogen and oxygen atoms in total. The first-order valence-electron chi connectivity index (χ1n) is 8.92. The molecule has 2 aromatic carbocycles. The fraction of sp³-hybridized carbons (Fsp3) is 0.227. The Hall–Kier alpha value is -2.99. The van der Waals surface area contributed by atoms with Gasteiger partial charge in [-0.15, -0.1) is 11.3 Å². The second-order valence-electron chi connectivity index (χ2n) is 6.51. The lowest BCUT2D eigenvalue weighted by Gasteiger charge is -2.26. The molecule has 0 saturated heterocycles. The van der Waals surface area contributed by atoms with Gasteiger partial charge in [-0.2, -0.15) is 0 Å². The van der Waals surface area contributed by atoms with E-state index in [9.17, 15) is 4.79 Å². The van der Waals surface area contributed by atoms with Crippen molar-refractivity contribution in [3.8, 4) is 28.4 Å². The van der Waals surface area contributed by atoms with Crippen LogP contribution in [0.4, 0.5) is 5.69 Å². The van der Waals surface area contributed by atoms with Gasteiger partial charge < -0.3 is 19.5 Å². The number of nitrogens with one attached hydrogen (secondary N) is 1. The van der Waals surface area contributed by atoms with Crippen LogP contribution in [0.3, 0.4) is 0 Å². The Bertz CT molecular complexity index is 1010. The first kappa shape index (κ1) is 18.4. The molecule has 1 N–H and O–H groups in total. The Labute approximate surface area is 167 Å². The van der Waals surface area contributed by atoms with Crippen molar-refractivity contribution >= 4 is 22.9 Å². The lowest BCUT2D eigenvalue weighted by molar-refractivity contribution is -0.116. The topological polar surface area (TPSA) is 56.8 Å². The number of benzene rings is 2. The normalized spacial score (nSPS) is 15.5. The van der Waals surface area contributed by atoms with Crippen molar-refractivity contribution in [3.05, 3.63) is 58.3 Å². The summed E-state index contributed by atoms with van der Waals surface area (Å²) in [4.78, 5) is 13.7. The Morgan fingerprint density at radius 3 is 2.32 bits per heavy atom. The Kier molecular flexibility index (Phi) is 4.96. The van der Waals surface area contributed by atoms with Crippen LogP contribution in [0.5, 0.6) is 17.2 Å². The van der Waals surface area contributed by atoms with Gasteiger partial charge in [-0.1, -0.05) is 30.3 Å². The summed E-state index contributed by atoms with van der Waals surface area (Å²) in [6, 6.07) is 13.8. The van der Waals surface area contributed by atoms with Crippen LogP contribution in [0.15, 0.2) is 47.8 Å². The average Bonchev–Trinajstić information content (AvgIpc) is 3.16. The third kappa shape index (κ3) is 3.10. The number of thiophene rings is 1. The number of fused-ring (bicyclic) bond motifs is 1. The summed E-state index contributed by atoms with van der Waals surface area (Å²) in [6.45, 7) is 0. The molecule has 1 aliphatic heterocycles. The summed E-state index contributed by atoms with van der Waals surface area (Å²) in [7, 11) is 4.82. The van der Waals surface area contributed by atoms with E-state index >= 15 is 0 Å². The highest BCUT2D eigenvalue weighted by molar-refractivity contribution is 7.11. The largest absolute Gasteiger partial charge is 0.496 e. The summed E-state index contributed by atoms with van der Waals surface area (Å²) in [5.41, 5.74) is 3.92. The highest BCUT2D eigenvalue weighted by atomic mass is 32.1. The SMILES string of the molecule is COc1cc(OC)c(C2CC(=O)Nc3c(-c4ccccc4)csc32)cc1OC. The Balaban J connectivity index is 1.86. The molecule has 6 heteroatoms. The van der Waals surface area contributed by atoms with E-state index in [0.29, 0.717) is 23.7 Å². The first-order chi connectivity index (χ1) is 13.7. The van der Waals surface area contributed by atoms with Crippen molar-refractivity contribution < 1.29 is 19.0 Å². The third-order valence-electron chi connectivity index (χ3n) is 4.99. The third-order valence-corrected chi connectivity index (χ3v) is 6.08. The molecule has 1 aliphatic rings. The Morgan fingerprint density at radius 1 is 0.964 bits per heavy atom. The smallest absolute Gasteiger partial charge is 0.225 e. The van der Waals surface area contributed by atoms with Gasteiger partial charge in [0.05, 0.1) is 27.0 Å². The number of carbonyl (C=O) groups is 1. The molecule has 1 aromatic heterocycles. The molecule has 0 bridgehead atoms. The monoisotopic (exact) mass is 395 g/mol. The van der Waals surface area contributed by atoms with Crippen LogP contribution in [0.2, 0.25) is 0 Å². The lowest BCUT2D eigenvalue weighted by atomic mass is 9.88. The van der Waals surface area contributed by atoms with E-state index in [1.54, 1.807) is 32.7 Å². The molecule has 0 aliphatic carbocycles. The zero-order valence-electron chi connectivity index (χ0n) is 15.9. The second kappa shape index (κ2) is 7.56. The fourth-order valence-electron chi connectivity index (χ4n) is 3.63. The quantitative estimate of drug-likeness (QED) is 0.667. The predicted octanol–water partition coefficient (Wildman–Crippen LogP) is 4.92. The molecular formula is C22H21NO4S. The second-order valence-corrected chi connectivity index (χ2v) is 7.42. The van der Waals surface area contributed by atoms with E-state index in [0.717, 1.165) is 27.3 Å². The van der Waals surface area contributed by atoms with Crippen LogP contribution >= 0.6 is 11.3 Å². The molecule has 1 amide bonds. The summed E-state index contributed by atoms with van der Waals surface area (Å²) < 4.78 is 16.5. The molecule has 0 radical (unpaired) electrons. The molecule has 4 rings (SSSR count). The zero-order valence-corrected chi connectivity index (χ0v) is 16.8. The zero-order chi connectivity index (χ0) is 19.7. The maximum absolute atomic E-state index is 12.6. The van der Waals surface area contributed by atoms with Gasteiger partial charge in [-0.25, -0.2) is 0 Å². The van der Waals surface area contributed by atoms with Crippen LogP contribution in [-0.4, -0.2) is 27.2 Å². The minimum Gasteiger partial charge on any atom is -0.496 e. The van der Waals surface area contributed by atoms with Crippen LogP contribution in [-0.2, 0) is 4.79 Å². The molecule has 0 saturated carbocycles. The van der Waals surface area contributed by atoms with Gasteiger partial charge >= 0.3 is 0 Å². The summed E-state index contributed by atoms with van der Waals surface area (Å²) in [5.74, 6) is 1.77. The van der Waals surface area contributed by atoms with Crippen molar-refractivity contribution in [1.29, 1.82) is 0 Å². The number of methoxy groups -OCH3 is 3. The molecule has 2 heterocycles. The maximum atomic E-state index is 12.6. The lowest BCUT2D eigenvalue weighted by Crippen LogP contribution is -2.22. The van der Waals surface area contributed by atoms with Crippen molar-refractivity contribution in [1.82, 2.24) is 0 Å². The molecule has 0 fully saturated rings. The minimum absolute atomic E-state index is 0.00933. The molecule has 3 aromatic rings. The highest BCUT2D eigenvalue weighted by Crippen LogP contribution is 2.50. The first-order valence-corrected chi connectivity index (χ1v) is 9.80. The minimum atomic E-state index is -0.110. The number of hydrogen-bond donors (Lipinski definition) is 1. The number of rotatable bonds is 5. The number of anilines is 1. The van der Waals surface area contributed by atoms with Crippen LogP contribution < -0.4 is 19.5 Å². The fourth-order valence-corrected chi connectivity index (χ4v) is 4.79. The molecular weight excluding hydrogens is 374 g/mol.